The van der Waals surface area contributed by atoms with Gasteiger partial charge in [-0.3, -0.25) is 19.2 Å². The summed E-state index contributed by atoms with van der Waals surface area (Å²) in [5.41, 5.74) is 10.4. The number of nitrogens with one attached hydrogen (secondary N) is 3. The van der Waals surface area contributed by atoms with Crippen molar-refractivity contribution in [1.82, 2.24) is 16.0 Å². The van der Waals surface area contributed by atoms with Crippen molar-refractivity contribution in [2.24, 2.45) is 11.5 Å². The van der Waals surface area contributed by atoms with Crippen molar-refractivity contribution >= 4 is 54.9 Å². The zero-order valence-electron chi connectivity index (χ0n) is 14.0. The number of carboxylic acid groups (broad SMARTS) is 1. The molecular formula is C13H23N5O6S2. The molecule has 0 aromatic carbocycles. The molecule has 0 aliphatic heterocycles. The highest BCUT2D eigenvalue weighted by Crippen LogP contribution is 1.96. The molecule has 0 saturated heterocycles. The van der Waals surface area contributed by atoms with E-state index in [0.717, 1.165) is 0 Å². The molecule has 4 unspecified atom stereocenters. The van der Waals surface area contributed by atoms with E-state index in [1.165, 1.54) is 6.92 Å². The second kappa shape index (κ2) is 11.6. The molecule has 8 N–H and O–H groups in total. The lowest BCUT2D eigenvalue weighted by Crippen LogP contribution is -2.57. The first kappa shape index (κ1) is 24.0. The number of amides is 4. The smallest absolute Gasteiger partial charge is 0.327 e. The van der Waals surface area contributed by atoms with Crippen LogP contribution in [0.2, 0.25) is 0 Å². The lowest BCUT2D eigenvalue weighted by Gasteiger charge is -2.22. The number of thiol groups is 2. The van der Waals surface area contributed by atoms with Gasteiger partial charge < -0.3 is 32.5 Å². The minimum atomic E-state index is -1.27. The van der Waals surface area contributed by atoms with Gasteiger partial charge in [-0.1, -0.05) is 0 Å². The van der Waals surface area contributed by atoms with Crippen molar-refractivity contribution in [3.63, 3.8) is 0 Å². The molecule has 26 heavy (non-hydrogen) atoms. The van der Waals surface area contributed by atoms with Crippen LogP contribution in [0.15, 0.2) is 0 Å². The van der Waals surface area contributed by atoms with Crippen molar-refractivity contribution in [3.05, 3.63) is 0 Å². The summed E-state index contributed by atoms with van der Waals surface area (Å²) in [5.74, 6) is -4.54. The molecule has 0 aromatic rings. The minimum Gasteiger partial charge on any atom is -0.480 e. The number of nitrogens with two attached hydrogens (primary N) is 2. The summed E-state index contributed by atoms with van der Waals surface area (Å²) in [6, 6.07) is -4.64. The third kappa shape index (κ3) is 8.40. The monoisotopic (exact) mass is 409 g/mol. The van der Waals surface area contributed by atoms with E-state index in [2.05, 4.69) is 41.2 Å². The fourth-order valence-electron chi connectivity index (χ4n) is 1.64. The van der Waals surface area contributed by atoms with Crippen molar-refractivity contribution in [2.45, 2.75) is 37.5 Å². The minimum absolute atomic E-state index is 0.108. The van der Waals surface area contributed by atoms with E-state index in [1.54, 1.807) is 0 Å². The van der Waals surface area contributed by atoms with Crippen LogP contribution in [-0.4, -0.2) is 70.4 Å². The Morgan fingerprint density at radius 2 is 1.42 bits per heavy atom. The Labute approximate surface area is 160 Å². The predicted molar refractivity (Wildman–Crippen MR) is 98.6 cm³/mol. The van der Waals surface area contributed by atoms with E-state index in [1.807, 2.05) is 0 Å². The quantitative estimate of drug-likeness (QED) is 0.163. The molecular weight excluding hydrogens is 386 g/mol. The molecule has 0 spiro atoms. The number of aliphatic carboxylic acids is 1. The highest BCUT2D eigenvalue weighted by atomic mass is 32.1. The Morgan fingerprint density at radius 1 is 0.923 bits per heavy atom. The fraction of sp³-hybridized carbons (Fsp3) is 0.615. The van der Waals surface area contributed by atoms with Gasteiger partial charge in [0.1, 0.15) is 18.1 Å². The molecule has 148 valence electrons. The number of carboxylic acids is 1. The van der Waals surface area contributed by atoms with Gasteiger partial charge in [-0.15, -0.1) is 0 Å². The molecule has 0 radical (unpaired) electrons. The second-order valence-electron chi connectivity index (χ2n) is 5.33. The van der Waals surface area contributed by atoms with Crippen LogP contribution in [0.4, 0.5) is 0 Å². The molecule has 4 atom stereocenters. The van der Waals surface area contributed by atoms with E-state index in [0.29, 0.717) is 0 Å². The average Bonchev–Trinajstić information content (AvgIpc) is 2.55. The normalized spacial score (nSPS) is 15.1. The second-order valence-corrected chi connectivity index (χ2v) is 6.06. The predicted octanol–water partition coefficient (Wildman–Crippen LogP) is -3.39. The first-order valence-corrected chi connectivity index (χ1v) is 8.69. The number of hydrogen-bond donors (Lipinski definition) is 8. The van der Waals surface area contributed by atoms with Crippen molar-refractivity contribution < 1.29 is 29.1 Å². The summed E-state index contributed by atoms with van der Waals surface area (Å²) in [5, 5.41) is 15.7. The summed E-state index contributed by atoms with van der Waals surface area (Å²) in [6.45, 7) is 1.33. The first-order chi connectivity index (χ1) is 12.0. The number of carbonyl (C=O) groups excluding carboxylic acids is 4. The molecule has 0 aromatic heterocycles. The zero-order valence-corrected chi connectivity index (χ0v) is 15.8. The van der Waals surface area contributed by atoms with Gasteiger partial charge in [-0.05, 0) is 6.92 Å². The molecule has 0 heterocycles. The number of hydrogen-bond acceptors (Lipinski definition) is 8. The van der Waals surface area contributed by atoms with Crippen LogP contribution in [-0.2, 0) is 24.0 Å². The maximum atomic E-state index is 12.1. The molecule has 0 saturated carbocycles. The zero-order chi connectivity index (χ0) is 20.4. The summed E-state index contributed by atoms with van der Waals surface area (Å²) in [4.78, 5) is 57.5. The molecule has 0 rings (SSSR count). The van der Waals surface area contributed by atoms with E-state index in [4.69, 9.17) is 16.6 Å². The van der Waals surface area contributed by atoms with Crippen LogP contribution < -0.4 is 27.4 Å². The Kier molecular flexibility index (Phi) is 10.7. The van der Waals surface area contributed by atoms with Gasteiger partial charge in [0.25, 0.3) is 0 Å². The maximum Gasteiger partial charge on any atom is 0.327 e. The van der Waals surface area contributed by atoms with Crippen molar-refractivity contribution in [1.29, 1.82) is 0 Å². The topological polar surface area (TPSA) is 194 Å². The highest BCUT2D eigenvalue weighted by Gasteiger charge is 2.27. The van der Waals surface area contributed by atoms with Crippen LogP contribution in [0.3, 0.4) is 0 Å². The van der Waals surface area contributed by atoms with Gasteiger partial charge >= 0.3 is 5.97 Å². The Morgan fingerprint density at radius 3 is 1.85 bits per heavy atom. The Balaban J connectivity index is 4.73. The van der Waals surface area contributed by atoms with Gasteiger partial charge in [-0.2, -0.15) is 25.3 Å². The largest absolute Gasteiger partial charge is 0.480 e. The molecule has 11 nitrogen and oxygen atoms in total. The molecule has 0 fully saturated rings. The lowest BCUT2D eigenvalue weighted by molar-refractivity contribution is -0.141. The Bertz CT molecular complexity index is 561. The summed E-state index contributed by atoms with van der Waals surface area (Å²) in [7, 11) is 0. The number of rotatable bonds is 11. The Hall–Kier alpha value is -1.99. The molecule has 0 aliphatic rings. The van der Waals surface area contributed by atoms with Crippen LogP contribution in [0.5, 0.6) is 0 Å². The van der Waals surface area contributed by atoms with Crippen LogP contribution in [0, 0.1) is 0 Å². The van der Waals surface area contributed by atoms with Crippen LogP contribution in [0.1, 0.15) is 13.3 Å². The van der Waals surface area contributed by atoms with Gasteiger partial charge in [0.15, 0.2) is 0 Å². The third-order valence-electron chi connectivity index (χ3n) is 3.12. The third-order valence-corrected chi connectivity index (χ3v) is 3.85. The van der Waals surface area contributed by atoms with Gasteiger partial charge in [0.05, 0.1) is 12.5 Å². The lowest BCUT2D eigenvalue weighted by atomic mass is 10.1. The van der Waals surface area contributed by atoms with Gasteiger partial charge in [0, 0.05) is 11.5 Å². The van der Waals surface area contributed by atoms with E-state index in [-0.39, 0.29) is 11.5 Å². The van der Waals surface area contributed by atoms with E-state index >= 15 is 0 Å². The molecule has 13 heteroatoms. The molecule has 0 aliphatic carbocycles. The molecule has 4 amide bonds. The summed E-state index contributed by atoms with van der Waals surface area (Å²) < 4.78 is 0. The van der Waals surface area contributed by atoms with Gasteiger partial charge in [-0.25, -0.2) is 4.79 Å². The fourth-order valence-corrected chi connectivity index (χ4v) is 2.15. The van der Waals surface area contributed by atoms with Crippen LogP contribution in [0.25, 0.3) is 0 Å². The van der Waals surface area contributed by atoms with E-state index in [9.17, 15) is 24.0 Å². The standard InChI is InChI=1S/C13H23N5O6S2/c1-5(10(20)18-8(4-26)13(23)24)16-12(22)7(3-25)17-11(21)6(14)2-9(15)19/h5-8,25-26H,2-4,14H2,1H3,(H2,15,19)(H,16,22)(H,17,21)(H,18,20)(H,23,24). The van der Waals surface area contributed by atoms with E-state index < -0.39 is 60.2 Å². The van der Waals surface area contributed by atoms with Crippen LogP contribution >= 0.6 is 25.3 Å². The SMILES string of the molecule is CC(NC(=O)C(CS)NC(=O)C(N)CC(N)=O)C(=O)NC(CS)C(=O)O. The maximum absolute atomic E-state index is 12.1. The average molecular weight is 409 g/mol. The number of primary amides is 1. The van der Waals surface area contributed by atoms with Crippen molar-refractivity contribution in [2.75, 3.05) is 11.5 Å². The highest BCUT2D eigenvalue weighted by molar-refractivity contribution is 7.80. The number of carbonyl (C=O) groups is 5. The summed E-state index contributed by atoms with van der Waals surface area (Å²) in [6.07, 6.45) is -0.397. The molecule has 0 bridgehead atoms. The van der Waals surface area contributed by atoms with Gasteiger partial charge in [0.2, 0.25) is 23.6 Å². The van der Waals surface area contributed by atoms with Crippen molar-refractivity contribution in [3.8, 4) is 0 Å². The first-order valence-electron chi connectivity index (χ1n) is 7.43. The summed E-state index contributed by atoms with van der Waals surface area (Å²) >= 11 is 7.75.